The number of fused-ring (bicyclic) bond motifs is 9. The molecule has 3 nitrogen and oxygen atoms in total. The maximum atomic E-state index is 6.61. The van der Waals surface area contributed by atoms with Gasteiger partial charge in [-0.1, -0.05) is 36.4 Å². The Morgan fingerprint density at radius 1 is 0.423 bits per heavy atom. The SMILES string of the molecule is c1ccc(-n2c3ccccc3c3cc(-c4ccc(N(c5ccc6c(c5)[se]c5ccccc56)c5cccc6c5oc5ccccc56)cc4)ccc32)cc1. The van der Waals surface area contributed by atoms with Gasteiger partial charge in [-0.05, 0) is 18.2 Å². The number of hydrogen-bond donors (Lipinski definition) is 0. The van der Waals surface area contributed by atoms with E-state index in [1.807, 2.05) is 6.07 Å². The molecule has 0 atom stereocenters. The summed E-state index contributed by atoms with van der Waals surface area (Å²) >= 11 is 0.255. The summed E-state index contributed by atoms with van der Waals surface area (Å²) in [6.07, 6.45) is 0. The molecule has 11 rings (SSSR count). The van der Waals surface area contributed by atoms with Crippen LogP contribution in [0.5, 0.6) is 0 Å². The van der Waals surface area contributed by atoms with Crippen LogP contribution >= 0.6 is 0 Å². The first-order valence-corrected chi connectivity index (χ1v) is 19.3. The van der Waals surface area contributed by atoms with Gasteiger partial charge in [-0.15, -0.1) is 0 Å². The second-order valence-corrected chi connectivity index (χ2v) is 15.6. The van der Waals surface area contributed by atoms with Crippen LogP contribution in [0.25, 0.3) is 79.9 Å². The molecular formula is C48H30N2OSe. The van der Waals surface area contributed by atoms with Crippen LogP contribution in [0.2, 0.25) is 0 Å². The van der Waals surface area contributed by atoms with Crippen molar-refractivity contribution in [1.82, 2.24) is 4.57 Å². The van der Waals surface area contributed by atoms with Gasteiger partial charge in [0.2, 0.25) is 0 Å². The van der Waals surface area contributed by atoms with Gasteiger partial charge >= 0.3 is 237 Å². The Bertz CT molecular complexity index is 3130. The van der Waals surface area contributed by atoms with E-state index in [-0.39, 0.29) is 14.5 Å². The van der Waals surface area contributed by atoms with E-state index in [9.17, 15) is 0 Å². The minimum Gasteiger partial charge on any atom is -0.0602 e. The average Bonchev–Trinajstić information content (AvgIpc) is 3.88. The first kappa shape index (κ1) is 29.4. The van der Waals surface area contributed by atoms with Crippen molar-refractivity contribution in [2.24, 2.45) is 0 Å². The zero-order valence-corrected chi connectivity index (χ0v) is 29.7. The van der Waals surface area contributed by atoms with Crippen molar-refractivity contribution in [3.05, 3.63) is 182 Å². The predicted octanol–water partition coefficient (Wildman–Crippen LogP) is 13.2. The Morgan fingerprint density at radius 2 is 1.10 bits per heavy atom. The standard InChI is InChI=1S/C48H30N2OSe/c1-2-11-33(12-3-1)50-42-17-7-4-13-36(42)41-29-32(23-28-43(41)50)31-21-24-34(25-22-31)49(35-26-27-39-38-15-6-9-20-46(38)52-47(39)30-35)44-18-10-16-40-37-14-5-8-19-45(37)51-48(40)44/h1-30H. The van der Waals surface area contributed by atoms with Crippen molar-refractivity contribution in [3.8, 4) is 16.8 Å². The van der Waals surface area contributed by atoms with Gasteiger partial charge in [0.05, 0.1) is 5.52 Å². The first-order valence-electron chi connectivity index (χ1n) is 17.6. The zero-order chi connectivity index (χ0) is 34.2. The Labute approximate surface area is 305 Å². The van der Waals surface area contributed by atoms with E-state index < -0.39 is 0 Å². The van der Waals surface area contributed by atoms with Crippen molar-refractivity contribution >= 4 is 94.6 Å². The number of anilines is 3. The summed E-state index contributed by atoms with van der Waals surface area (Å²) in [5, 5.41) is 7.47. The number of hydrogen-bond acceptors (Lipinski definition) is 2. The van der Waals surface area contributed by atoms with Crippen LogP contribution in [-0.2, 0) is 0 Å². The molecule has 8 aromatic carbocycles. The van der Waals surface area contributed by atoms with Gasteiger partial charge < -0.3 is 4.57 Å². The molecule has 244 valence electrons. The molecule has 0 aliphatic rings. The van der Waals surface area contributed by atoms with Crippen molar-refractivity contribution < 1.29 is 4.42 Å². The summed E-state index contributed by atoms with van der Waals surface area (Å²) in [4.78, 5) is 2.37. The predicted molar refractivity (Wildman–Crippen MR) is 220 cm³/mol. The van der Waals surface area contributed by atoms with Gasteiger partial charge in [0.1, 0.15) is 0 Å². The van der Waals surface area contributed by atoms with Gasteiger partial charge in [-0.3, -0.25) is 0 Å². The molecule has 0 aliphatic carbocycles. The zero-order valence-electron chi connectivity index (χ0n) is 28.0. The molecule has 0 bridgehead atoms. The molecule has 0 saturated heterocycles. The van der Waals surface area contributed by atoms with Crippen molar-refractivity contribution in [2.45, 2.75) is 0 Å². The molecule has 0 amide bonds. The molecule has 0 spiro atoms. The Kier molecular flexibility index (Phi) is 6.57. The molecule has 0 fully saturated rings. The fraction of sp³-hybridized carbons (Fsp3) is 0. The van der Waals surface area contributed by atoms with E-state index in [2.05, 4.69) is 185 Å². The summed E-state index contributed by atoms with van der Waals surface area (Å²) in [6, 6.07) is 65.8. The normalized spacial score (nSPS) is 11.8. The van der Waals surface area contributed by atoms with Gasteiger partial charge in [-0.2, -0.15) is 0 Å². The Morgan fingerprint density at radius 3 is 1.98 bits per heavy atom. The van der Waals surface area contributed by atoms with Gasteiger partial charge in [0.15, 0.2) is 0 Å². The number of nitrogens with zero attached hydrogens (tertiary/aromatic N) is 2. The van der Waals surface area contributed by atoms with Crippen LogP contribution in [0.1, 0.15) is 0 Å². The van der Waals surface area contributed by atoms with Gasteiger partial charge in [0.25, 0.3) is 0 Å². The number of para-hydroxylation sites is 4. The van der Waals surface area contributed by atoms with Crippen LogP contribution in [0.3, 0.4) is 0 Å². The molecular weight excluding hydrogens is 700 g/mol. The van der Waals surface area contributed by atoms with Crippen LogP contribution in [0, 0.1) is 0 Å². The summed E-state index contributed by atoms with van der Waals surface area (Å²) in [5.41, 5.74) is 11.0. The third-order valence-corrected chi connectivity index (χ3v) is 12.8. The van der Waals surface area contributed by atoms with Gasteiger partial charge in [-0.25, -0.2) is 0 Å². The van der Waals surface area contributed by atoms with E-state index in [0.29, 0.717) is 0 Å². The molecule has 3 aromatic heterocycles. The summed E-state index contributed by atoms with van der Waals surface area (Å²) < 4.78 is 11.8. The average molecular weight is 730 g/mol. The Balaban J connectivity index is 1.07. The second-order valence-electron chi connectivity index (χ2n) is 13.3. The fourth-order valence-corrected chi connectivity index (χ4v) is 10.4. The first-order chi connectivity index (χ1) is 25.8. The number of furan rings is 1. The molecule has 0 N–H and O–H groups in total. The number of benzene rings is 8. The van der Waals surface area contributed by atoms with Crippen molar-refractivity contribution in [2.75, 3.05) is 4.90 Å². The monoisotopic (exact) mass is 730 g/mol. The molecule has 0 saturated carbocycles. The Hall–Kier alpha value is -6.32. The van der Waals surface area contributed by atoms with E-state index in [1.165, 1.54) is 57.9 Å². The number of aromatic nitrogens is 1. The molecule has 11 aromatic rings. The van der Waals surface area contributed by atoms with Crippen LogP contribution in [-0.4, -0.2) is 19.1 Å². The third-order valence-electron chi connectivity index (χ3n) is 10.4. The smallest absolute Gasteiger partial charge is 0.0602 e. The van der Waals surface area contributed by atoms with E-state index in [4.69, 9.17) is 4.42 Å². The minimum atomic E-state index is 0.255. The fourth-order valence-electron chi connectivity index (χ4n) is 8.00. The van der Waals surface area contributed by atoms with Crippen molar-refractivity contribution in [1.29, 1.82) is 0 Å². The van der Waals surface area contributed by atoms with E-state index in [1.54, 1.807) is 0 Å². The quantitative estimate of drug-likeness (QED) is 0.165. The van der Waals surface area contributed by atoms with Crippen LogP contribution in [0.4, 0.5) is 17.1 Å². The molecule has 3 heterocycles. The minimum absolute atomic E-state index is 0.255. The summed E-state index contributed by atoms with van der Waals surface area (Å²) in [6.45, 7) is 0. The summed E-state index contributed by atoms with van der Waals surface area (Å²) in [7, 11) is 0. The second kappa shape index (κ2) is 11.6. The van der Waals surface area contributed by atoms with Crippen molar-refractivity contribution in [3.63, 3.8) is 0 Å². The molecule has 52 heavy (non-hydrogen) atoms. The van der Waals surface area contributed by atoms with E-state index in [0.717, 1.165) is 39.0 Å². The van der Waals surface area contributed by atoms with E-state index >= 15 is 0 Å². The molecule has 0 radical (unpaired) electrons. The molecule has 0 aliphatic heterocycles. The summed E-state index contributed by atoms with van der Waals surface area (Å²) in [5.74, 6) is 0. The third kappa shape index (κ3) is 4.52. The number of rotatable bonds is 5. The maximum absolute atomic E-state index is 6.61. The van der Waals surface area contributed by atoms with Crippen LogP contribution in [0.15, 0.2) is 186 Å². The molecule has 4 heteroatoms. The van der Waals surface area contributed by atoms with Gasteiger partial charge in [0, 0.05) is 5.69 Å². The topological polar surface area (TPSA) is 21.3 Å². The van der Waals surface area contributed by atoms with Crippen LogP contribution < -0.4 is 4.90 Å². The molecule has 0 unspecified atom stereocenters.